The molecule has 98 valence electrons. The average Bonchev–Trinajstić information content (AvgIpc) is 2.48. The summed E-state index contributed by atoms with van der Waals surface area (Å²) in [5.41, 5.74) is 2.30. The first-order chi connectivity index (χ1) is 9.26. The maximum Gasteiger partial charge on any atom is 0.150 e. The Bertz CT molecular complexity index is 564. The summed E-state index contributed by atoms with van der Waals surface area (Å²) in [6.07, 6.45) is 0.791. The van der Waals surface area contributed by atoms with Gasteiger partial charge in [-0.2, -0.15) is 0 Å². The van der Waals surface area contributed by atoms with Crippen LogP contribution >= 0.6 is 0 Å². The second-order valence-corrected chi connectivity index (χ2v) is 3.93. The minimum absolute atomic E-state index is 0.581. The minimum atomic E-state index is 0.581. The molecule has 0 amide bonds. The highest BCUT2D eigenvalue weighted by molar-refractivity contribution is 5.79. The Kier molecular flexibility index (Phi) is 4.03. The predicted molar refractivity (Wildman–Crippen MR) is 74.7 cm³/mol. The van der Waals surface area contributed by atoms with Crippen LogP contribution in [0.4, 0.5) is 11.4 Å². The summed E-state index contributed by atoms with van der Waals surface area (Å²) in [6, 6.07) is 12.8. The molecule has 0 saturated heterocycles. The maximum atomic E-state index is 10.7. The molecule has 4 nitrogen and oxygen atoms in total. The lowest BCUT2D eigenvalue weighted by Gasteiger charge is -2.12. The van der Waals surface area contributed by atoms with E-state index in [4.69, 9.17) is 9.47 Å². The number of benzene rings is 2. The van der Waals surface area contributed by atoms with Crippen molar-refractivity contribution < 1.29 is 14.3 Å². The van der Waals surface area contributed by atoms with Gasteiger partial charge in [-0.25, -0.2) is 0 Å². The van der Waals surface area contributed by atoms with Gasteiger partial charge < -0.3 is 14.8 Å². The molecule has 0 aliphatic rings. The third-order valence-corrected chi connectivity index (χ3v) is 2.73. The van der Waals surface area contributed by atoms with E-state index < -0.39 is 0 Å². The number of carbonyl (C=O) groups excluding carboxylic acids is 1. The Labute approximate surface area is 112 Å². The van der Waals surface area contributed by atoms with E-state index in [1.165, 1.54) is 0 Å². The Morgan fingerprint density at radius 1 is 1.00 bits per heavy atom. The van der Waals surface area contributed by atoms with Gasteiger partial charge in [-0.05, 0) is 42.5 Å². The Morgan fingerprint density at radius 3 is 2.32 bits per heavy atom. The smallest absolute Gasteiger partial charge is 0.150 e. The Hall–Kier alpha value is -2.49. The van der Waals surface area contributed by atoms with Crippen LogP contribution in [0.25, 0.3) is 0 Å². The van der Waals surface area contributed by atoms with Crippen LogP contribution in [-0.2, 0) is 0 Å². The number of ether oxygens (including phenoxy) is 2. The number of rotatable bonds is 5. The number of nitrogens with one attached hydrogen (secondary N) is 1. The van der Waals surface area contributed by atoms with Crippen molar-refractivity contribution in [3.63, 3.8) is 0 Å². The molecule has 2 aromatic carbocycles. The van der Waals surface area contributed by atoms with Gasteiger partial charge in [-0.1, -0.05) is 0 Å². The first-order valence-corrected chi connectivity index (χ1v) is 5.81. The van der Waals surface area contributed by atoms with E-state index in [2.05, 4.69) is 5.32 Å². The molecule has 0 aliphatic heterocycles. The number of carbonyl (C=O) groups is 1. The summed E-state index contributed by atoms with van der Waals surface area (Å²) in [5, 5.41) is 3.23. The molecule has 0 unspecified atom stereocenters. The predicted octanol–water partition coefficient (Wildman–Crippen LogP) is 3.26. The number of hydrogen-bond donors (Lipinski definition) is 1. The maximum absolute atomic E-state index is 10.7. The van der Waals surface area contributed by atoms with Crippen LogP contribution in [0.1, 0.15) is 10.4 Å². The first-order valence-electron chi connectivity index (χ1n) is 5.81. The van der Waals surface area contributed by atoms with E-state index in [1.807, 2.05) is 30.3 Å². The number of aldehydes is 1. The van der Waals surface area contributed by atoms with E-state index in [1.54, 1.807) is 26.4 Å². The second-order valence-electron chi connectivity index (χ2n) is 3.93. The van der Waals surface area contributed by atoms with E-state index in [9.17, 15) is 4.79 Å². The van der Waals surface area contributed by atoms with E-state index >= 15 is 0 Å². The van der Waals surface area contributed by atoms with Crippen LogP contribution in [0.5, 0.6) is 11.5 Å². The van der Waals surface area contributed by atoms with Gasteiger partial charge >= 0.3 is 0 Å². The van der Waals surface area contributed by atoms with Gasteiger partial charge in [0.25, 0.3) is 0 Å². The molecule has 19 heavy (non-hydrogen) atoms. The van der Waals surface area contributed by atoms with Gasteiger partial charge in [0.15, 0.2) is 0 Å². The van der Waals surface area contributed by atoms with Crippen molar-refractivity contribution in [1.82, 2.24) is 0 Å². The molecular weight excluding hydrogens is 242 g/mol. The van der Waals surface area contributed by atoms with Crippen molar-refractivity contribution in [3.8, 4) is 11.5 Å². The SMILES string of the molecule is COc1ccc(Nc2ccc(C=O)cc2OC)cc1. The average molecular weight is 257 g/mol. The molecule has 0 aromatic heterocycles. The molecule has 0 radical (unpaired) electrons. The van der Waals surface area contributed by atoms with E-state index in [0.29, 0.717) is 11.3 Å². The Balaban J connectivity index is 2.24. The highest BCUT2D eigenvalue weighted by Gasteiger charge is 2.04. The largest absolute Gasteiger partial charge is 0.497 e. The fourth-order valence-electron chi connectivity index (χ4n) is 1.71. The zero-order chi connectivity index (χ0) is 13.7. The first kappa shape index (κ1) is 13.0. The van der Waals surface area contributed by atoms with E-state index in [0.717, 1.165) is 23.4 Å². The van der Waals surface area contributed by atoms with Crippen molar-refractivity contribution in [1.29, 1.82) is 0 Å². The fourth-order valence-corrected chi connectivity index (χ4v) is 1.71. The molecule has 0 heterocycles. The highest BCUT2D eigenvalue weighted by atomic mass is 16.5. The van der Waals surface area contributed by atoms with Crippen LogP contribution < -0.4 is 14.8 Å². The van der Waals surface area contributed by atoms with Crippen LogP contribution in [0.3, 0.4) is 0 Å². The molecule has 0 atom stereocenters. The van der Waals surface area contributed by atoms with Gasteiger partial charge in [0.2, 0.25) is 0 Å². The monoisotopic (exact) mass is 257 g/mol. The molecule has 0 aliphatic carbocycles. The molecular formula is C15H15NO3. The van der Waals surface area contributed by atoms with Crippen LogP contribution in [0.2, 0.25) is 0 Å². The quantitative estimate of drug-likeness (QED) is 0.835. The zero-order valence-corrected chi connectivity index (χ0v) is 10.8. The van der Waals surface area contributed by atoms with Crippen molar-refractivity contribution in [3.05, 3.63) is 48.0 Å². The summed E-state index contributed by atoms with van der Waals surface area (Å²) in [7, 11) is 3.20. The number of hydrogen-bond acceptors (Lipinski definition) is 4. The van der Waals surface area contributed by atoms with Crippen molar-refractivity contribution in [2.45, 2.75) is 0 Å². The fraction of sp³-hybridized carbons (Fsp3) is 0.133. The second kappa shape index (κ2) is 5.91. The van der Waals surface area contributed by atoms with Gasteiger partial charge in [-0.15, -0.1) is 0 Å². The lowest BCUT2D eigenvalue weighted by Crippen LogP contribution is -1.96. The van der Waals surface area contributed by atoms with Crippen LogP contribution in [0, 0.1) is 0 Å². The normalized spacial score (nSPS) is 9.79. The van der Waals surface area contributed by atoms with Gasteiger partial charge in [0.1, 0.15) is 17.8 Å². The molecule has 2 aromatic rings. The number of anilines is 2. The van der Waals surface area contributed by atoms with Crippen LogP contribution in [0.15, 0.2) is 42.5 Å². The van der Waals surface area contributed by atoms with Crippen molar-refractivity contribution in [2.75, 3.05) is 19.5 Å². The number of methoxy groups -OCH3 is 2. The van der Waals surface area contributed by atoms with Gasteiger partial charge in [-0.3, -0.25) is 4.79 Å². The lowest BCUT2D eigenvalue weighted by atomic mass is 10.2. The lowest BCUT2D eigenvalue weighted by molar-refractivity contribution is 0.112. The molecule has 0 fully saturated rings. The molecule has 4 heteroatoms. The summed E-state index contributed by atoms with van der Waals surface area (Å²) in [4.78, 5) is 10.7. The Morgan fingerprint density at radius 2 is 1.74 bits per heavy atom. The van der Waals surface area contributed by atoms with Gasteiger partial charge in [0, 0.05) is 11.3 Å². The zero-order valence-electron chi connectivity index (χ0n) is 10.8. The molecule has 2 rings (SSSR count). The third kappa shape index (κ3) is 3.04. The van der Waals surface area contributed by atoms with Crippen LogP contribution in [-0.4, -0.2) is 20.5 Å². The molecule has 1 N–H and O–H groups in total. The minimum Gasteiger partial charge on any atom is -0.497 e. The topological polar surface area (TPSA) is 47.6 Å². The molecule has 0 bridgehead atoms. The summed E-state index contributed by atoms with van der Waals surface area (Å²) in [5.74, 6) is 1.43. The summed E-state index contributed by atoms with van der Waals surface area (Å²) in [6.45, 7) is 0. The summed E-state index contributed by atoms with van der Waals surface area (Å²) < 4.78 is 10.4. The van der Waals surface area contributed by atoms with Crippen molar-refractivity contribution in [2.24, 2.45) is 0 Å². The van der Waals surface area contributed by atoms with Crippen molar-refractivity contribution >= 4 is 17.7 Å². The summed E-state index contributed by atoms with van der Waals surface area (Å²) >= 11 is 0. The highest BCUT2D eigenvalue weighted by Crippen LogP contribution is 2.28. The van der Waals surface area contributed by atoms with Gasteiger partial charge in [0.05, 0.1) is 19.9 Å². The molecule has 0 saturated carbocycles. The molecule has 0 spiro atoms. The van der Waals surface area contributed by atoms with E-state index in [-0.39, 0.29) is 0 Å². The third-order valence-electron chi connectivity index (χ3n) is 2.73. The standard InChI is InChI=1S/C15H15NO3/c1-18-13-6-4-12(5-7-13)16-14-8-3-11(10-17)9-15(14)19-2/h3-10,16H,1-2H3.